The second-order valence-corrected chi connectivity index (χ2v) is 8.98. The molecule has 0 aliphatic heterocycles. The van der Waals surface area contributed by atoms with Crippen molar-refractivity contribution in [1.82, 2.24) is 19.6 Å². The highest BCUT2D eigenvalue weighted by Gasteiger charge is 2.18. The Balaban J connectivity index is 1.65. The van der Waals surface area contributed by atoms with Gasteiger partial charge in [0.1, 0.15) is 24.2 Å². The fourth-order valence-electron chi connectivity index (χ4n) is 3.67. The lowest BCUT2D eigenvalue weighted by Gasteiger charge is -2.26. The monoisotopic (exact) mass is 472 g/mol. The molecule has 35 heavy (non-hydrogen) atoms. The van der Waals surface area contributed by atoms with Crippen LogP contribution in [-0.2, 0) is 0 Å². The molecule has 0 saturated carbocycles. The highest BCUT2D eigenvalue weighted by Crippen LogP contribution is 2.32. The van der Waals surface area contributed by atoms with Crippen LogP contribution in [0.2, 0.25) is 0 Å². The second kappa shape index (κ2) is 9.60. The third kappa shape index (κ3) is 5.18. The number of rotatable bonds is 8. The van der Waals surface area contributed by atoms with Gasteiger partial charge in [-0.05, 0) is 44.5 Å². The first-order valence-corrected chi connectivity index (χ1v) is 11.2. The lowest BCUT2D eigenvalue weighted by atomic mass is 10.0. The summed E-state index contributed by atoms with van der Waals surface area (Å²) in [6.45, 7) is 5.55. The zero-order valence-corrected chi connectivity index (χ0v) is 20.4. The molecular weight excluding hydrogens is 444 g/mol. The summed E-state index contributed by atoms with van der Waals surface area (Å²) in [4.78, 5) is 11.0. The Labute approximate surface area is 204 Å². The van der Waals surface area contributed by atoms with Crippen LogP contribution in [0.4, 0.5) is 5.82 Å². The van der Waals surface area contributed by atoms with E-state index in [9.17, 15) is 10.4 Å². The number of hydrogen-bond acceptors (Lipinski definition) is 8. The number of ether oxygens (including phenoxy) is 2. The molecule has 9 nitrogen and oxygen atoms in total. The van der Waals surface area contributed by atoms with E-state index < -0.39 is 5.60 Å². The first-order valence-electron chi connectivity index (χ1n) is 11.2. The van der Waals surface area contributed by atoms with Gasteiger partial charge in [0.25, 0.3) is 0 Å². The van der Waals surface area contributed by atoms with Gasteiger partial charge in [0.15, 0.2) is 0 Å². The summed E-state index contributed by atoms with van der Waals surface area (Å²) in [5.74, 6) is 1.89. The molecule has 0 bridgehead atoms. The van der Waals surface area contributed by atoms with Gasteiger partial charge < -0.3 is 19.5 Å². The van der Waals surface area contributed by atoms with Crippen LogP contribution < -0.4 is 14.4 Å². The van der Waals surface area contributed by atoms with Crippen molar-refractivity contribution in [2.24, 2.45) is 0 Å². The van der Waals surface area contributed by atoms with Crippen molar-refractivity contribution in [3.63, 3.8) is 0 Å². The van der Waals surface area contributed by atoms with E-state index in [1.807, 2.05) is 37.4 Å². The van der Waals surface area contributed by atoms with Crippen molar-refractivity contribution in [2.45, 2.75) is 32.4 Å². The number of anilines is 1. The van der Waals surface area contributed by atoms with Crippen LogP contribution in [0.5, 0.6) is 11.6 Å². The predicted octanol–water partition coefficient (Wildman–Crippen LogP) is 4.02. The van der Waals surface area contributed by atoms with Crippen molar-refractivity contribution >= 4 is 11.3 Å². The Morgan fingerprint density at radius 3 is 2.57 bits per heavy atom. The second-order valence-electron chi connectivity index (χ2n) is 8.98. The molecule has 1 unspecified atom stereocenters. The van der Waals surface area contributed by atoms with Gasteiger partial charge in [0.2, 0.25) is 5.88 Å². The Kier molecular flexibility index (Phi) is 6.58. The van der Waals surface area contributed by atoms with Crippen LogP contribution in [0.15, 0.2) is 55.1 Å². The number of pyridine rings is 3. The van der Waals surface area contributed by atoms with Crippen molar-refractivity contribution < 1.29 is 14.6 Å². The molecule has 4 heterocycles. The molecule has 0 saturated heterocycles. The summed E-state index contributed by atoms with van der Waals surface area (Å²) in [5.41, 5.74) is 2.76. The summed E-state index contributed by atoms with van der Waals surface area (Å²) in [6.07, 6.45) is 6.80. The lowest BCUT2D eigenvalue weighted by molar-refractivity contribution is 0.0283. The molecule has 4 rings (SSSR count). The minimum absolute atomic E-state index is 0.0389. The first-order chi connectivity index (χ1) is 16.7. The first kappa shape index (κ1) is 24.0. The Morgan fingerprint density at radius 1 is 1.17 bits per heavy atom. The van der Waals surface area contributed by atoms with Crippen LogP contribution in [0.1, 0.15) is 37.9 Å². The van der Waals surface area contributed by atoms with E-state index >= 15 is 0 Å². The molecule has 0 spiro atoms. The zero-order chi connectivity index (χ0) is 25.2. The van der Waals surface area contributed by atoms with Crippen LogP contribution in [-0.4, -0.2) is 51.1 Å². The van der Waals surface area contributed by atoms with E-state index in [1.165, 1.54) is 6.20 Å². The summed E-state index contributed by atoms with van der Waals surface area (Å²) >= 11 is 0. The molecule has 4 aromatic rings. The molecular formula is C26H28N6O3. The van der Waals surface area contributed by atoms with E-state index in [4.69, 9.17) is 9.47 Å². The summed E-state index contributed by atoms with van der Waals surface area (Å²) in [6, 6.07) is 11.8. The van der Waals surface area contributed by atoms with Gasteiger partial charge in [-0.3, -0.25) is 0 Å². The highest BCUT2D eigenvalue weighted by atomic mass is 16.5. The zero-order valence-electron chi connectivity index (χ0n) is 20.4. The maximum atomic E-state index is 10.0. The Bertz CT molecular complexity index is 1350. The minimum Gasteiger partial charge on any atom is -0.489 e. The standard InChI is InChI=1S/C26H28N6O3/c1-17(18-7-9-24(34-5)29-12-18)31(4)23-8-6-19(13-28-23)22-10-21(35-16-26(2,3)33)15-32-25(22)20(11-27)14-30-32/h6-10,12-15,17,33H,16H2,1-5H3. The average Bonchev–Trinajstić information content (AvgIpc) is 3.29. The van der Waals surface area contributed by atoms with Crippen LogP contribution >= 0.6 is 0 Å². The fourth-order valence-corrected chi connectivity index (χ4v) is 3.67. The number of methoxy groups -OCH3 is 1. The van der Waals surface area contributed by atoms with Crippen molar-refractivity contribution in [1.29, 1.82) is 5.26 Å². The number of fused-ring (bicyclic) bond motifs is 1. The van der Waals surface area contributed by atoms with Crippen LogP contribution in [0, 0.1) is 11.3 Å². The van der Waals surface area contributed by atoms with Crippen LogP contribution in [0.3, 0.4) is 0 Å². The smallest absolute Gasteiger partial charge is 0.212 e. The van der Waals surface area contributed by atoms with Gasteiger partial charge in [-0.2, -0.15) is 10.4 Å². The molecule has 1 N–H and O–H groups in total. The van der Waals surface area contributed by atoms with Gasteiger partial charge in [0, 0.05) is 36.6 Å². The Morgan fingerprint density at radius 2 is 1.97 bits per heavy atom. The summed E-state index contributed by atoms with van der Waals surface area (Å²) < 4.78 is 12.6. The molecule has 1 atom stereocenters. The van der Waals surface area contributed by atoms with E-state index in [1.54, 1.807) is 44.1 Å². The lowest BCUT2D eigenvalue weighted by Crippen LogP contribution is -2.27. The third-order valence-electron chi connectivity index (χ3n) is 5.75. The number of nitriles is 1. The van der Waals surface area contributed by atoms with Gasteiger partial charge in [0.05, 0.1) is 42.2 Å². The summed E-state index contributed by atoms with van der Waals surface area (Å²) in [5, 5.41) is 23.9. The molecule has 0 radical (unpaired) electrons. The van der Waals surface area contributed by atoms with E-state index in [-0.39, 0.29) is 12.6 Å². The maximum Gasteiger partial charge on any atom is 0.212 e. The molecule has 0 aliphatic rings. The Hall–Kier alpha value is -4.16. The molecule has 0 fully saturated rings. The largest absolute Gasteiger partial charge is 0.489 e. The van der Waals surface area contributed by atoms with Crippen molar-refractivity contribution in [3.8, 4) is 28.8 Å². The molecule has 0 aromatic carbocycles. The molecule has 0 amide bonds. The van der Waals surface area contributed by atoms with E-state index in [2.05, 4.69) is 33.0 Å². The molecule has 4 aromatic heterocycles. The number of aromatic nitrogens is 4. The van der Waals surface area contributed by atoms with Gasteiger partial charge in [-0.25, -0.2) is 14.5 Å². The van der Waals surface area contributed by atoms with Crippen molar-refractivity contribution in [2.75, 3.05) is 25.7 Å². The SMILES string of the molecule is COc1ccc(C(C)N(C)c2ccc(-c3cc(OCC(C)(C)O)cn4ncc(C#N)c34)cn2)cn1. The van der Waals surface area contributed by atoms with Gasteiger partial charge >= 0.3 is 0 Å². The van der Waals surface area contributed by atoms with Crippen LogP contribution in [0.25, 0.3) is 16.6 Å². The molecule has 180 valence electrons. The minimum atomic E-state index is -0.985. The van der Waals surface area contributed by atoms with Gasteiger partial charge in [-0.15, -0.1) is 0 Å². The van der Waals surface area contributed by atoms with E-state index in [0.717, 1.165) is 22.5 Å². The normalized spacial score (nSPS) is 12.3. The van der Waals surface area contributed by atoms with E-state index in [0.29, 0.717) is 22.7 Å². The molecule has 9 heteroatoms. The fraction of sp³-hybridized carbons (Fsp3) is 0.308. The number of hydrogen-bond donors (Lipinski definition) is 1. The average molecular weight is 473 g/mol. The quantitative estimate of drug-likeness (QED) is 0.410. The number of nitrogens with zero attached hydrogens (tertiary/aromatic N) is 6. The third-order valence-corrected chi connectivity index (χ3v) is 5.75. The number of aliphatic hydroxyl groups is 1. The predicted molar refractivity (Wildman–Crippen MR) is 133 cm³/mol. The van der Waals surface area contributed by atoms with Gasteiger partial charge in [-0.1, -0.05) is 6.07 Å². The maximum absolute atomic E-state index is 10.0. The summed E-state index contributed by atoms with van der Waals surface area (Å²) in [7, 11) is 3.57. The van der Waals surface area contributed by atoms with Crippen molar-refractivity contribution in [3.05, 3.63) is 66.2 Å². The molecule has 0 aliphatic carbocycles. The highest BCUT2D eigenvalue weighted by molar-refractivity contribution is 5.85. The topological polar surface area (TPSA) is 109 Å².